The van der Waals surface area contributed by atoms with E-state index in [2.05, 4.69) is 16.7 Å². The molecule has 0 aliphatic carbocycles. The van der Waals surface area contributed by atoms with Gasteiger partial charge in [-0.05, 0) is 55.8 Å². The average molecular weight is 279 g/mol. The van der Waals surface area contributed by atoms with Gasteiger partial charge in [-0.15, -0.1) is 0 Å². The van der Waals surface area contributed by atoms with Crippen molar-refractivity contribution in [3.63, 3.8) is 0 Å². The van der Waals surface area contributed by atoms with Crippen LogP contribution >= 0.6 is 0 Å². The summed E-state index contributed by atoms with van der Waals surface area (Å²) in [5.41, 5.74) is 2.09. The number of nitrogens with zero attached hydrogens (tertiary/aromatic N) is 1. The van der Waals surface area contributed by atoms with Gasteiger partial charge in [0, 0.05) is 5.56 Å². The predicted octanol–water partition coefficient (Wildman–Crippen LogP) is 4.01. The van der Waals surface area contributed by atoms with E-state index in [1.54, 1.807) is 0 Å². The Balaban J connectivity index is 1.89. The van der Waals surface area contributed by atoms with Crippen LogP contribution in [-0.4, -0.2) is 18.0 Å². The summed E-state index contributed by atoms with van der Waals surface area (Å²) in [6.07, 6.45) is 2.43. The van der Waals surface area contributed by atoms with Crippen molar-refractivity contribution in [2.45, 2.75) is 18.9 Å². The SMILES string of the molecule is Fc1ccc(C(C#Cc2ccccc2)N2CCCC2)cc1. The normalized spacial score (nSPS) is 16.2. The molecule has 0 aromatic heterocycles. The molecule has 21 heavy (non-hydrogen) atoms. The molecule has 1 saturated heterocycles. The van der Waals surface area contributed by atoms with Crippen LogP contribution in [0.15, 0.2) is 54.6 Å². The molecule has 1 unspecified atom stereocenters. The minimum atomic E-state index is -0.199. The predicted molar refractivity (Wildman–Crippen MR) is 83.3 cm³/mol. The van der Waals surface area contributed by atoms with Crippen molar-refractivity contribution in [2.75, 3.05) is 13.1 Å². The molecule has 1 aliphatic heterocycles. The molecule has 3 rings (SSSR count). The summed E-state index contributed by atoms with van der Waals surface area (Å²) in [5.74, 6) is 6.42. The molecule has 0 spiro atoms. The Morgan fingerprint density at radius 1 is 0.905 bits per heavy atom. The zero-order valence-corrected chi connectivity index (χ0v) is 11.9. The lowest BCUT2D eigenvalue weighted by molar-refractivity contribution is 0.296. The molecule has 2 aromatic rings. The summed E-state index contributed by atoms with van der Waals surface area (Å²) < 4.78 is 13.1. The molecular weight excluding hydrogens is 261 g/mol. The Morgan fingerprint density at radius 3 is 2.24 bits per heavy atom. The second-order valence-corrected chi connectivity index (χ2v) is 5.33. The average Bonchev–Trinajstić information content (AvgIpc) is 3.04. The topological polar surface area (TPSA) is 3.24 Å². The Labute approximate surface area is 125 Å². The third-order valence-corrected chi connectivity index (χ3v) is 3.82. The van der Waals surface area contributed by atoms with Gasteiger partial charge in [0.2, 0.25) is 0 Å². The first-order valence-electron chi connectivity index (χ1n) is 7.39. The minimum Gasteiger partial charge on any atom is -0.286 e. The van der Waals surface area contributed by atoms with Crippen LogP contribution in [0.25, 0.3) is 0 Å². The van der Waals surface area contributed by atoms with Gasteiger partial charge in [-0.25, -0.2) is 4.39 Å². The summed E-state index contributed by atoms with van der Waals surface area (Å²) >= 11 is 0. The highest BCUT2D eigenvalue weighted by atomic mass is 19.1. The molecule has 1 nitrogen and oxygen atoms in total. The summed E-state index contributed by atoms with van der Waals surface area (Å²) in [4.78, 5) is 2.38. The maximum absolute atomic E-state index is 13.1. The molecule has 1 fully saturated rings. The lowest BCUT2D eigenvalue weighted by atomic mass is 10.1. The maximum Gasteiger partial charge on any atom is 0.123 e. The highest BCUT2D eigenvalue weighted by Crippen LogP contribution is 2.24. The van der Waals surface area contributed by atoms with E-state index in [0.717, 1.165) is 24.2 Å². The fourth-order valence-corrected chi connectivity index (χ4v) is 2.70. The van der Waals surface area contributed by atoms with E-state index in [4.69, 9.17) is 0 Å². The third-order valence-electron chi connectivity index (χ3n) is 3.82. The van der Waals surface area contributed by atoms with Gasteiger partial charge < -0.3 is 0 Å². The smallest absolute Gasteiger partial charge is 0.123 e. The first kappa shape index (κ1) is 13.9. The lowest BCUT2D eigenvalue weighted by Gasteiger charge is -2.23. The van der Waals surface area contributed by atoms with Gasteiger partial charge in [0.15, 0.2) is 0 Å². The Bertz CT molecular complexity index is 631. The number of likely N-dealkylation sites (tertiary alicyclic amines) is 1. The van der Waals surface area contributed by atoms with Gasteiger partial charge in [0.05, 0.1) is 6.04 Å². The van der Waals surface area contributed by atoms with Crippen LogP contribution in [0, 0.1) is 17.7 Å². The zero-order valence-electron chi connectivity index (χ0n) is 11.9. The van der Waals surface area contributed by atoms with Crippen LogP contribution < -0.4 is 0 Å². The molecule has 2 aromatic carbocycles. The molecule has 0 bridgehead atoms. The largest absolute Gasteiger partial charge is 0.286 e. The van der Waals surface area contributed by atoms with Gasteiger partial charge in [-0.2, -0.15) is 0 Å². The van der Waals surface area contributed by atoms with Crippen LogP contribution in [-0.2, 0) is 0 Å². The van der Waals surface area contributed by atoms with Gasteiger partial charge in [0.25, 0.3) is 0 Å². The van der Waals surface area contributed by atoms with Crippen molar-refractivity contribution in [3.05, 3.63) is 71.5 Å². The molecular formula is C19H18FN. The monoisotopic (exact) mass is 279 g/mol. The van der Waals surface area contributed by atoms with Gasteiger partial charge in [0.1, 0.15) is 5.82 Å². The van der Waals surface area contributed by atoms with Crippen molar-refractivity contribution in [1.29, 1.82) is 0 Å². The molecule has 2 heteroatoms. The van der Waals surface area contributed by atoms with Crippen LogP contribution in [0.1, 0.15) is 30.0 Å². The van der Waals surface area contributed by atoms with Gasteiger partial charge in [-0.3, -0.25) is 4.90 Å². The van der Waals surface area contributed by atoms with Crippen LogP contribution in [0.5, 0.6) is 0 Å². The second kappa shape index (κ2) is 6.56. The number of hydrogen-bond donors (Lipinski definition) is 0. The van der Waals surface area contributed by atoms with Gasteiger partial charge in [-0.1, -0.05) is 42.2 Å². The quantitative estimate of drug-likeness (QED) is 0.751. The molecule has 1 aliphatic rings. The second-order valence-electron chi connectivity index (χ2n) is 5.33. The van der Waals surface area contributed by atoms with E-state index in [0.29, 0.717) is 0 Å². The Hall–Kier alpha value is -2.11. The summed E-state index contributed by atoms with van der Waals surface area (Å²) in [7, 11) is 0. The maximum atomic E-state index is 13.1. The molecule has 106 valence electrons. The third kappa shape index (κ3) is 3.51. The van der Waals surface area contributed by atoms with E-state index in [1.165, 1.54) is 25.0 Å². The number of benzene rings is 2. The fourth-order valence-electron chi connectivity index (χ4n) is 2.70. The Morgan fingerprint density at radius 2 is 1.57 bits per heavy atom. The van der Waals surface area contributed by atoms with Crippen molar-refractivity contribution >= 4 is 0 Å². The minimum absolute atomic E-state index is 0.0494. The molecule has 0 N–H and O–H groups in total. The van der Waals surface area contributed by atoms with Crippen molar-refractivity contribution in [1.82, 2.24) is 4.90 Å². The number of rotatable bonds is 2. The molecule has 1 heterocycles. The summed E-state index contributed by atoms with van der Waals surface area (Å²) in [6, 6.07) is 16.8. The number of hydrogen-bond acceptors (Lipinski definition) is 1. The van der Waals surface area contributed by atoms with E-state index < -0.39 is 0 Å². The van der Waals surface area contributed by atoms with Crippen LogP contribution in [0.4, 0.5) is 4.39 Å². The van der Waals surface area contributed by atoms with Crippen molar-refractivity contribution < 1.29 is 4.39 Å². The molecule has 0 saturated carbocycles. The van der Waals surface area contributed by atoms with Crippen molar-refractivity contribution in [2.24, 2.45) is 0 Å². The summed E-state index contributed by atoms with van der Waals surface area (Å²) in [6.45, 7) is 2.12. The fraction of sp³-hybridized carbons (Fsp3) is 0.263. The van der Waals surface area contributed by atoms with E-state index in [-0.39, 0.29) is 11.9 Å². The van der Waals surface area contributed by atoms with E-state index in [9.17, 15) is 4.39 Å². The molecule has 0 amide bonds. The standard InChI is InChI=1S/C19H18FN/c20-18-11-9-17(10-12-18)19(21-14-4-5-15-21)13-8-16-6-2-1-3-7-16/h1-3,6-7,9-12,19H,4-5,14-15H2. The van der Waals surface area contributed by atoms with Crippen LogP contribution in [0.3, 0.4) is 0 Å². The molecule has 0 radical (unpaired) electrons. The summed E-state index contributed by atoms with van der Waals surface area (Å²) in [5, 5.41) is 0. The Kier molecular flexibility index (Phi) is 4.33. The highest BCUT2D eigenvalue weighted by Gasteiger charge is 2.21. The highest BCUT2D eigenvalue weighted by molar-refractivity contribution is 5.37. The zero-order chi connectivity index (χ0) is 14.5. The van der Waals surface area contributed by atoms with Crippen molar-refractivity contribution in [3.8, 4) is 11.8 Å². The van der Waals surface area contributed by atoms with Crippen LogP contribution in [0.2, 0.25) is 0 Å². The lowest BCUT2D eigenvalue weighted by Crippen LogP contribution is -2.24. The van der Waals surface area contributed by atoms with Gasteiger partial charge >= 0.3 is 0 Å². The first-order valence-corrected chi connectivity index (χ1v) is 7.39. The van der Waals surface area contributed by atoms with E-state index >= 15 is 0 Å². The molecule has 1 atom stereocenters. The first-order chi connectivity index (χ1) is 10.3. The van der Waals surface area contributed by atoms with E-state index in [1.807, 2.05) is 42.5 Å². The number of halogens is 1.